The van der Waals surface area contributed by atoms with Crippen molar-refractivity contribution in [1.29, 1.82) is 0 Å². The van der Waals surface area contributed by atoms with Crippen molar-refractivity contribution in [3.05, 3.63) is 36.2 Å². The van der Waals surface area contributed by atoms with E-state index in [1.165, 1.54) is 0 Å². The van der Waals surface area contributed by atoms with Crippen LogP contribution < -0.4 is 9.64 Å². The van der Waals surface area contributed by atoms with E-state index in [1.54, 1.807) is 31.5 Å². The molecule has 3 aromatic rings. The lowest BCUT2D eigenvalue weighted by Gasteiger charge is -2.55. The molecule has 0 unspecified atom stereocenters. The summed E-state index contributed by atoms with van der Waals surface area (Å²) in [6.07, 6.45) is 5.55. The van der Waals surface area contributed by atoms with Gasteiger partial charge in [-0.2, -0.15) is 5.10 Å². The van der Waals surface area contributed by atoms with Gasteiger partial charge in [-0.25, -0.2) is 9.37 Å². The third-order valence-corrected chi connectivity index (χ3v) is 8.16. The Morgan fingerprint density at radius 3 is 2.61 bits per heavy atom. The predicted octanol–water partition coefficient (Wildman–Crippen LogP) is 5.15. The minimum absolute atomic E-state index is 0.00141. The van der Waals surface area contributed by atoms with Crippen LogP contribution in [0.1, 0.15) is 51.6 Å². The van der Waals surface area contributed by atoms with Crippen molar-refractivity contribution >= 4 is 5.82 Å². The van der Waals surface area contributed by atoms with Crippen molar-refractivity contribution in [3.8, 4) is 34.1 Å². The van der Waals surface area contributed by atoms with Gasteiger partial charge < -0.3 is 14.7 Å². The van der Waals surface area contributed by atoms with E-state index < -0.39 is 6.17 Å². The molecule has 8 nitrogen and oxygen atoms in total. The van der Waals surface area contributed by atoms with Crippen LogP contribution in [0.2, 0.25) is 0 Å². The minimum Gasteiger partial charge on any atom is -0.507 e. The molecule has 2 saturated carbocycles. The number of phenolic OH excluding ortho intramolecular Hbond substituents is 1. The number of methoxy groups -OCH3 is 1. The lowest BCUT2D eigenvalue weighted by molar-refractivity contribution is -0.0540. The number of benzene rings is 1. The molecule has 2 fully saturated rings. The Morgan fingerprint density at radius 1 is 1.11 bits per heavy atom. The van der Waals surface area contributed by atoms with Gasteiger partial charge in [-0.05, 0) is 50.2 Å². The lowest BCUT2D eigenvalue weighted by atomic mass is 9.54. The van der Waals surface area contributed by atoms with Crippen LogP contribution in [0.5, 0.6) is 11.5 Å². The van der Waals surface area contributed by atoms with Crippen molar-refractivity contribution in [3.63, 3.8) is 0 Å². The van der Waals surface area contributed by atoms with Gasteiger partial charge in [-0.3, -0.25) is 0 Å². The van der Waals surface area contributed by atoms with Gasteiger partial charge in [0.05, 0.1) is 30.6 Å². The number of aromatic nitrogens is 5. The molecule has 190 valence electrons. The molecule has 2 heterocycles. The number of hydrogen-bond donors (Lipinski definition) is 1. The highest BCUT2D eigenvalue weighted by Crippen LogP contribution is 2.57. The summed E-state index contributed by atoms with van der Waals surface area (Å²) in [5.74, 6) is 1.44. The number of anilines is 1. The first-order chi connectivity index (χ1) is 17.1. The summed E-state index contributed by atoms with van der Waals surface area (Å²) in [6, 6.07) is 6.63. The Labute approximate surface area is 211 Å². The Balaban J connectivity index is 1.37. The summed E-state index contributed by atoms with van der Waals surface area (Å²) in [7, 11) is 3.45. The number of halogens is 1. The topological polar surface area (TPSA) is 97.2 Å². The van der Waals surface area contributed by atoms with Gasteiger partial charge in [-0.15, -0.1) is 15.3 Å². The number of fused-ring (bicyclic) bond motifs is 2. The summed E-state index contributed by atoms with van der Waals surface area (Å²) in [4.78, 5) is 6.34. The molecule has 2 aliphatic rings. The third kappa shape index (κ3) is 4.24. The first-order valence-electron chi connectivity index (χ1n) is 12.4. The van der Waals surface area contributed by atoms with Crippen LogP contribution in [-0.2, 0) is 0 Å². The molecular formula is C27H33FN6O2. The largest absolute Gasteiger partial charge is 0.507 e. The summed E-state index contributed by atoms with van der Waals surface area (Å²) < 4.78 is 21.0. The van der Waals surface area contributed by atoms with E-state index in [2.05, 4.69) is 39.2 Å². The first kappa shape index (κ1) is 24.3. The normalized spacial score (nSPS) is 27.5. The van der Waals surface area contributed by atoms with Crippen LogP contribution in [0, 0.1) is 17.8 Å². The molecule has 9 heteroatoms. The maximum atomic E-state index is 15.7. The smallest absolute Gasteiger partial charge is 0.185 e. The number of alkyl halides is 1. The number of nitrogens with zero attached hydrogens (tertiary/aromatic N) is 6. The fraction of sp³-hybridized carbons (Fsp3) is 0.519. The molecule has 0 spiro atoms. The molecule has 36 heavy (non-hydrogen) atoms. The highest BCUT2D eigenvalue weighted by Gasteiger charge is 2.54. The van der Waals surface area contributed by atoms with Crippen LogP contribution in [-0.4, -0.2) is 56.9 Å². The van der Waals surface area contributed by atoms with Gasteiger partial charge in [0.15, 0.2) is 11.6 Å². The van der Waals surface area contributed by atoms with Crippen LogP contribution >= 0.6 is 0 Å². The number of hydrogen-bond acceptors (Lipinski definition) is 8. The van der Waals surface area contributed by atoms with Crippen LogP contribution in [0.15, 0.2) is 30.5 Å². The van der Waals surface area contributed by atoms with Crippen LogP contribution in [0.25, 0.3) is 22.6 Å². The number of aromatic hydroxyl groups is 1. The maximum absolute atomic E-state index is 15.7. The summed E-state index contributed by atoms with van der Waals surface area (Å²) in [5.41, 5.74) is 2.24. The highest BCUT2D eigenvalue weighted by molar-refractivity contribution is 5.71. The molecule has 5 rings (SSSR count). The van der Waals surface area contributed by atoms with Gasteiger partial charge in [0.25, 0.3) is 0 Å². The molecule has 2 aromatic heterocycles. The Hall–Kier alpha value is -3.36. The highest BCUT2D eigenvalue weighted by atomic mass is 19.1. The van der Waals surface area contributed by atoms with Crippen molar-refractivity contribution < 1.29 is 14.2 Å². The molecule has 4 atom stereocenters. The minimum atomic E-state index is -0.933. The summed E-state index contributed by atoms with van der Waals surface area (Å²) in [5, 5.41) is 27.6. The average Bonchev–Trinajstić information content (AvgIpc) is 2.86. The second kappa shape index (κ2) is 8.94. The van der Waals surface area contributed by atoms with Gasteiger partial charge in [0.1, 0.15) is 23.4 Å². The fourth-order valence-corrected chi connectivity index (χ4v) is 6.27. The molecular weight excluding hydrogens is 459 g/mol. The molecule has 2 aliphatic carbocycles. The summed E-state index contributed by atoms with van der Waals surface area (Å²) >= 11 is 0. The molecule has 1 aromatic carbocycles. The van der Waals surface area contributed by atoms with Gasteiger partial charge >= 0.3 is 0 Å². The van der Waals surface area contributed by atoms with E-state index in [1.807, 2.05) is 24.9 Å². The predicted molar refractivity (Wildman–Crippen MR) is 136 cm³/mol. The maximum Gasteiger partial charge on any atom is 0.185 e. The lowest BCUT2D eigenvalue weighted by Crippen LogP contribution is -2.57. The zero-order valence-electron chi connectivity index (χ0n) is 21.5. The van der Waals surface area contributed by atoms with Crippen molar-refractivity contribution in [2.45, 2.75) is 65.1 Å². The number of ether oxygens (including phenoxy) is 1. The van der Waals surface area contributed by atoms with Gasteiger partial charge in [0, 0.05) is 24.1 Å². The number of aryl methyl sites for hydroxylation is 1. The quantitative estimate of drug-likeness (QED) is 0.522. The van der Waals surface area contributed by atoms with E-state index >= 15 is 4.39 Å². The van der Waals surface area contributed by atoms with E-state index in [0.717, 1.165) is 32.1 Å². The zero-order valence-corrected chi connectivity index (χ0v) is 21.5. The van der Waals surface area contributed by atoms with E-state index in [4.69, 9.17) is 4.74 Å². The molecule has 0 aliphatic heterocycles. The Bertz CT molecular complexity index is 1270. The van der Waals surface area contributed by atoms with Crippen molar-refractivity contribution in [1.82, 2.24) is 25.4 Å². The van der Waals surface area contributed by atoms with Gasteiger partial charge in [-0.1, -0.05) is 26.3 Å². The van der Waals surface area contributed by atoms with Crippen molar-refractivity contribution in [2.75, 3.05) is 19.1 Å². The monoisotopic (exact) mass is 492 g/mol. The summed E-state index contributed by atoms with van der Waals surface area (Å²) in [6.45, 7) is 6.19. The molecule has 1 N–H and O–H groups in total. The van der Waals surface area contributed by atoms with Gasteiger partial charge in [0.2, 0.25) is 0 Å². The van der Waals surface area contributed by atoms with Crippen molar-refractivity contribution in [2.24, 2.45) is 10.8 Å². The SMILES string of the molecule is COc1cc(-c2ccc(-c3ncc(N(C)[C@@H]4C[C@@]5(C)CCC[C@](C)(C5)[C@@H]4F)nn3)c(O)c2)nnc1C. The number of rotatable bonds is 5. The molecule has 0 amide bonds. The molecule has 0 saturated heterocycles. The standard InChI is InChI=1S/C27H33FN6O2/c1-16-22(36-5)12-19(31-30-16)17-7-8-18(21(35)11-17)25-29-14-23(32-33-25)34(4)20-13-26(2)9-6-10-27(3,15-26)24(20)28/h7-8,11-12,14,20,24,35H,6,9-10,13,15H2,1-5H3/t20-,24-,26-,27-/m1/s1. The average molecular weight is 493 g/mol. The Kier molecular flexibility index (Phi) is 6.04. The van der Waals surface area contributed by atoms with E-state index in [-0.39, 0.29) is 22.6 Å². The van der Waals surface area contributed by atoms with E-state index in [9.17, 15) is 5.11 Å². The fourth-order valence-electron chi connectivity index (χ4n) is 6.27. The zero-order chi connectivity index (χ0) is 25.7. The first-order valence-corrected chi connectivity index (χ1v) is 12.4. The second-order valence-corrected chi connectivity index (χ2v) is 11.0. The molecule has 2 bridgehead atoms. The molecule has 0 radical (unpaired) electrons. The van der Waals surface area contributed by atoms with E-state index in [0.29, 0.717) is 39.9 Å². The van der Waals surface area contributed by atoms with Crippen LogP contribution in [0.4, 0.5) is 10.2 Å². The number of phenols is 1. The second-order valence-electron chi connectivity index (χ2n) is 11.0. The third-order valence-electron chi connectivity index (χ3n) is 8.16. The van der Waals surface area contributed by atoms with Crippen LogP contribution in [0.3, 0.4) is 0 Å². The Morgan fingerprint density at radius 2 is 1.92 bits per heavy atom.